The van der Waals surface area contributed by atoms with Gasteiger partial charge in [0, 0.05) is 37.6 Å². The van der Waals surface area contributed by atoms with Crippen molar-refractivity contribution in [3.8, 4) is 0 Å². The lowest BCUT2D eigenvalue weighted by molar-refractivity contribution is 0.0718. The fourth-order valence-electron chi connectivity index (χ4n) is 3.33. The predicted octanol–water partition coefficient (Wildman–Crippen LogP) is 4.12. The van der Waals surface area contributed by atoms with Crippen LogP contribution in [-0.2, 0) is 6.54 Å². The molecule has 1 saturated heterocycles. The Hall–Kier alpha value is -2.36. The average Bonchev–Trinajstić information content (AvgIpc) is 2.67. The summed E-state index contributed by atoms with van der Waals surface area (Å²) in [6, 6.07) is 14.7. The van der Waals surface area contributed by atoms with Gasteiger partial charge in [-0.3, -0.25) is 9.78 Å². The van der Waals surface area contributed by atoms with Crippen molar-refractivity contribution in [3.63, 3.8) is 0 Å². The fourth-order valence-corrected chi connectivity index (χ4v) is 3.33. The average molecular weight is 337 g/mol. The summed E-state index contributed by atoms with van der Waals surface area (Å²) in [4.78, 5) is 21.3. The van der Waals surface area contributed by atoms with Gasteiger partial charge in [-0.2, -0.15) is 0 Å². The molecule has 3 rings (SSSR count). The summed E-state index contributed by atoms with van der Waals surface area (Å²) < 4.78 is 0. The maximum absolute atomic E-state index is 12.7. The highest BCUT2D eigenvalue weighted by Gasteiger charge is 2.20. The van der Waals surface area contributed by atoms with Gasteiger partial charge in [0.25, 0.3) is 5.91 Å². The fraction of sp³-hybridized carbons (Fsp3) is 0.429. The SMILES string of the molecule is CC(C)N(Cc1ccccc1)c1ccnc(C(=O)N2CCCCC2)c1. The van der Waals surface area contributed by atoms with E-state index in [0.29, 0.717) is 11.7 Å². The van der Waals surface area contributed by atoms with Gasteiger partial charge in [-0.1, -0.05) is 30.3 Å². The van der Waals surface area contributed by atoms with Crippen LogP contribution in [0.5, 0.6) is 0 Å². The second-order valence-corrected chi connectivity index (χ2v) is 6.96. The number of likely N-dealkylation sites (tertiary alicyclic amines) is 1. The van der Waals surface area contributed by atoms with Gasteiger partial charge in [-0.05, 0) is 50.8 Å². The Morgan fingerprint density at radius 1 is 1.12 bits per heavy atom. The van der Waals surface area contributed by atoms with E-state index in [2.05, 4.69) is 48.0 Å². The van der Waals surface area contributed by atoms with E-state index in [1.165, 1.54) is 12.0 Å². The minimum Gasteiger partial charge on any atom is -0.365 e. The first-order valence-electron chi connectivity index (χ1n) is 9.21. The van der Waals surface area contributed by atoms with Crippen molar-refractivity contribution in [2.45, 2.75) is 45.7 Å². The van der Waals surface area contributed by atoms with Gasteiger partial charge in [0.15, 0.2) is 0 Å². The van der Waals surface area contributed by atoms with Gasteiger partial charge in [0.2, 0.25) is 0 Å². The van der Waals surface area contributed by atoms with Crippen LogP contribution in [0, 0.1) is 0 Å². The van der Waals surface area contributed by atoms with Crippen molar-refractivity contribution in [2.75, 3.05) is 18.0 Å². The van der Waals surface area contributed by atoms with Crippen LogP contribution in [0.3, 0.4) is 0 Å². The third-order valence-electron chi connectivity index (χ3n) is 4.76. The molecule has 0 atom stereocenters. The number of rotatable bonds is 5. The molecule has 0 aliphatic carbocycles. The van der Waals surface area contributed by atoms with Crippen molar-refractivity contribution in [1.29, 1.82) is 0 Å². The third kappa shape index (κ3) is 4.38. The lowest BCUT2D eigenvalue weighted by Gasteiger charge is -2.30. The summed E-state index contributed by atoms with van der Waals surface area (Å²) in [7, 11) is 0. The number of piperidine rings is 1. The number of benzene rings is 1. The molecule has 2 aromatic rings. The zero-order valence-electron chi connectivity index (χ0n) is 15.2. The second-order valence-electron chi connectivity index (χ2n) is 6.96. The number of aromatic nitrogens is 1. The summed E-state index contributed by atoms with van der Waals surface area (Å²) in [5.74, 6) is 0.0602. The normalized spacial score (nSPS) is 14.6. The number of anilines is 1. The first-order chi connectivity index (χ1) is 12.1. The largest absolute Gasteiger partial charge is 0.365 e. The van der Waals surface area contributed by atoms with Gasteiger partial charge < -0.3 is 9.80 Å². The first kappa shape index (κ1) is 17.5. The number of amides is 1. The minimum absolute atomic E-state index is 0.0602. The van der Waals surface area contributed by atoms with Crippen molar-refractivity contribution in [1.82, 2.24) is 9.88 Å². The Morgan fingerprint density at radius 2 is 1.84 bits per heavy atom. The van der Waals surface area contributed by atoms with E-state index in [-0.39, 0.29) is 5.91 Å². The van der Waals surface area contributed by atoms with Crippen LogP contribution in [-0.4, -0.2) is 34.9 Å². The Kier molecular flexibility index (Phi) is 5.69. The molecule has 1 aliphatic rings. The predicted molar refractivity (Wildman–Crippen MR) is 102 cm³/mol. The van der Waals surface area contributed by atoms with Crippen molar-refractivity contribution in [2.24, 2.45) is 0 Å². The van der Waals surface area contributed by atoms with Crippen LogP contribution in [0.4, 0.5) is 5.69 Å². The van der Waals surface area contributed by atoms with Gasteiger partial charge in [-0.25, -0.2) is 0 Å². The smallest absolute Gasteiger partial charge is 0.272 e. The van der Waals surface area contributed by atoms with E-state index in [4.69, 9.17) is 0 Å². The van der Waals surface area contributed by atoms with Crippen molar-refractivity contribution in [3.05, 3.63) is 59.9 Å². The van der Waals surface area contributed by atoms with Gasteiger partial charge in [0.1, 0.15) is 5.69 Å². The molecule has 0 unspecified atom stereocenters. The Morgan fingerprint density at radius 3 is 2.52 bits per heavy atom. The zero-order chi connectivity index (χ0) is 17.6. The molecule has 1 amide bonds. The molecule has 1 aromatic carbocycles. The van der Waals surface area contributed by atoms with E-state index in [9.17, 15) is 4.79 Å². The molecule has 2 heterocycles. The number of pyridine rings is 1. The summed E-state index contributed by atoms with van der Waals surface area (Å²) in [5, 5.41) is 0. The topological polar surface area (TPSA) is 36.4 Å². The second kappa shape index (κ2) is 8.15. The van der Waals surface area contributed by atoms with Crippen LogP contribution in [0.1, 0.15) is 49.2 Å². The molecule has 1 fully saturated rings. The molecule has 1 aliphatic heterocycles. The van der Waals surface area contributed by atoms with E-state index in [0.717, 1.165) is 38.2 Å². The molecule has 0 bridgehead atoms. The highest BCUT2D eigenvalue weighted by atomic mass is 16.2. The Balaban J connectivity index is 1.81. The zero-order valence-corrected chi connectivity index (χ0v) is 15.2. The number of hydrogen-bond donors (Lipinski definition) is 0. The number of carbonyl (C=O) groups excluding carboxylic acids is 1. The van der Waals surface area contributed by atoms with Gasteiger partial charge in [0.05, 0.1) is 0 Å². The van der Waals surface area contributed by atoms with Crippen LogP contribution >= 0.6 is 0 Å². The highest BCUT2D eigenvalue weighted by molar-refractivity contribution is 5.93. The summed E-state index contributed by atoms with van der Waals surface area (Å²) >= 11 is 0. The molecule has 4 nitrogen and oxygen atoms in total. The quantitative estimate of drug-likeness (QED) is 0.823. The molecule has 1 aromatic heterocycles. The van der Waals surface area contributed by atoms with Crippen molar-refractivity contribution < 1.29 is 4.79 Å². The molecule has 0 radical (unpaired) electrons. The molecule has 4 heteroatoms. The van der Waals surface area contributed by atoms with E-state index in [1.54, 1.807) is 6.20 Å². The number of carbonyl (C=O) groups is 1. The lowest BCUT2D eigenvalue weighted by atomic mass is 10.1. The third-order valence-corrected chi connectivity index (χ3v) is 4.76. The molecule has 25 heavy (non-hydrogen) atoms. The Bertz CT molecular complexity index is 693. The van der Waals surface area contributed by atoms with Crippen LogP contribution in [0.25, 0.3) is 0 Å². The standard InChI is InChI=1S/C21H27N3O/c1-17(2)24(16-18-9-5-3-6-10-18)19-11-12-22-20(15-19)21(25)23-13-7-4-8-14-23/h3,5-6,9-12,15,17H,4,7-8,13-14,16H2,1-2H3. The van der Waals surface area contributed by atoms with E-state index < -0.39 is 0 Å². The van der Waals surface area contributed by atoms with Crippen LogP contribution in [0.2, 0.25) is 0 Å². The highest BCUT2D eigenvalue weighted by Crippen LogP contribution is 2.22. The first-order valence-corrected chi connectivity index (χ1v) is 9.21. The maximum Gasteiger partial charge on any atom is 0.272 e. The molecule has 0 N–H and O–H groups in total. The van der Waals surface area contributed by atoms with Gasteiger partial charge >= 0.3 is 0 Å². The summed E-state index contributed by atoms with van der Waals surface area (Å²) in [6.07, 6.45) is 5.16. The van der Waals surface area contributed by atoms with E-state index >= 15 is 0 Å². The monoisotopic (exact) mass is 337 g/mol. The molecular formula is C21H27N3O. The van der Waals surface area contributed by atoms with Crippen LogP contribution in [0.15, 0.2) is 48.7 Å². The summed E-state index contributed by atoms with van der Waals surface area (Å²) in [6.45, 7) is 6.87. The number of nitrogens with zero attached hydrogens (tertiary/aromatic N) is 3. The Labute approximate surface area is 150 Å². The van der Waals surface area contributed by atoms with Gasteiger partial charge in [-0.15, -0.1) is 0 Å². The molecule has 0 spiro atoms. The van der Waals surface area contributed by atoms with E-state index in [1.807, 2.05) is 23.1 Å². The lowest BCUT2D eigenvalue weighted by Crippen LogP contribution is -2.36. The molecule has 132 valence electrons. The summed E-state index contributed by atoms with van der Waals surface area (Å²) in [5.41, 5.74) is 2.87. The minimum atomic E-state index is 0.0602. The van der Waals surface area contributed by atoms with Crippen LogP contribution < -0.4 is 4.90 Å². The maximum atomic E-state index is 12.7. The van der Waals surface area contributed by atoms with Crippen molar-refractivity contribution >= 4 is 11.6 Å². The molecular weight excluding hydrogens is 310 g/mol. The molecule has 0 saturated carbocycles. The number of hydrogen-bond acceptors (Lipinski definition) is 3.